The van der Waals surface area contributed by atoms with Crippen molar-refractivity contribution in [2.24, 2.45) is 0 Å². The third-order valence-electron chi connectivity index (χ3n) is 12.7. The molecule has 0 fully saturated rings. The number of hydrogen-bond donors (Lipinski definition) is 0. The fraction of sp³-hybridized carbons (Fsp3) is 0.0847. The minimum absolute atomic E-state index is 0.901. The highest BCUT2D eigenvalue weighted by molar-refractivity contribution is 6.11. The van der Waals surface area contributed by atoms with Crippen LogP contribution in [-0.2, 0) is 6.42 Å². The summed E-state index contributed by atoms with van der Waals surface area (Å²) in [6.07, 6.45) is 11.0. The first-order chi connectivity index (χ1) is 30.2. The van der Waals surface area contributed by atoms with Gasteiger partial charge >= 0.3 is 0 Å². The van der Waals surface area contributed by atoms with Gasteiger partial charge in [0.15, 0.2) is 0 Å². The van der Waals surface area contributed by atoms with Gasteiger partial charge in [0.25, 0.3) is 0 Å². The van der Waals surface area contributed by atoms with Crippen LogP contribution in [-0.4, -0.2) is 4.57 Å². The van der Waals surface area contributed by atoms with Crippen LogP contribution in [0.25, 0.3) is 66.8 Å². The van der Waals surface area contributed by atoms with Crippen molar-refractivity contribution in [3.05, 3.63) is 240 Å². The maximum absolute atomic E-state index is 2.55. The van der Waals surface area contributed by atoms with E-state index in [2.05, 4.69) is 229 Å². The number of fused-ring (bicyclic) bond motifs is 5. The molecule has 11 rings (SSSR count). The Balaban J connectivity index is 1.11. The molecule has 0 spiro atoms. The van der Waals surface area contributed by atoms with Crippen molar-refractivity contribution >= 4 is 50.3 Å². The molecule has 0 bridgehead atoms. The summed E-state index contributed by atoms with van der Waals surface area (Å²) in [6.45, 7) is 2.21. The molecule has 0 N–H and O–H groups in total. The van der Waals surface area contributed by atoms with Gasteiger partial charge in [-0.25, -0.2) is 0 Å². The number of aromatic nitrogens is 1. The number of allylic oxidation sites excluding steroid dienone is 5. The molecule has 8 aromatic carbocycles. The standard InChI is InChI=1S/C59H46N2/c1-41-25-26-48-33-38-57-59(54(48)39-41)53-37-36-50(40-58(53)61(57)56-24-14-12-22-52(56)47-19-9-4-10-20-47)60(55-23-13-11-21-51(55)46-17-7-3-8-18-46)49-34-31-45(32-35-49)44-29-27-43(28-30-44)42-15-5-2-6-16-42/h2-27,29,31-35,38-40H,28,30,36-37H2,1H3. The predicted molar refractivity (Wildman–Crippen MR) is 259 cm³/mol. The van der Waals surface area contributed by atoms with E-state index < -0.39 is 0 Å². The van der Waals surface area contributed by atoms with Gasteiger partial charge in [-0.3, -0.25) is 0 Å². The highest BCUT2D eigenvalue weighted by Gasteiger charge is 2.28. The first-order valence-electron chi connectivity index (χ1n) is 21.6. The summed E-state index contributed by atoms with van der Waals surface area (Å²) in [6, 6.07) is 71.2. The summed E-state index contributed by atoms with van der Waals surface area (Å²) in [5, 5.41) is 3.97. The van der Waals surface area contributed by atoms with Gasteiger partial charge in [-0.05, 0) is 119 Å². The Kier molecular flexibility index (Phi) is 9.39. The Labute approximate surface area is 358 Å². The molecule has 0 saturated heterocycles. The fourth-order valence-electron chi connectivity index (χ4n) is 9.76. The molecule has 0 saturated carbocycles. The van der Waals surface area contributed by atoms with Crippen LogP contribution in [0.15, 0.2) is 212 Å². The van der Waals surface area contributed by atoms with Crippen molar-refractivity contribution in [3.8, 4) is 27.9 Å². The highest BCUT2D eigenvalue weighted by atomic mass is 15.2. The number of aryl methyl sites for hydroxylation is 2. The van der Waals surface area contributed by atoms with Crippen LogP contribution in [0.3, 0.4) is 0 Å². The average molecular weight is 783 g/mol. The topological polar surface area (TPSA) is 8.17 Å². The van der Waals surface area contributed by atoms with Gasteiger partial charge in [-0.2, -0.15) is 0 Å². The van der Waals surface area contributed by atoms with Gasteiger partial charge in [0, 0.05) is 27.9 Å². The van der Waals surface area contributed by atoms with Gasteiger partial charge in [-0.1, -0.05) is 182 Å². The molecule has 61 heavy (non-hydrogen) atoms. The van der Waals surface area contributed by atoms with E-state index in [0.29, 0.717) is 0 Å². The molecule has 9 aromatic rings. The summed E-state index contributed by atoms with van der Waals surface area (Å²) >= 11 is 0. The van der Waals surface area contributed by atoms with Gasteiger partial charge in [0.1, 0.15) is 0 Å². The molecule has 0 amide bonds. The Bertz CT molecular complexity index is 3160. The van der Waals surface area contributed by atoms with E-state index in [-0.39, 0.29) is 0 Å². The lowest BCUT2D eigenvalue weighted by Crippen LogP contribution is -2.20. The molecule has 2 aliphatic rings. The second-order valence-electron chi connectivity index (χ2n) is 16.4. The Morgan fingerprint density at radius 3 is 1.74 bits per heavy atom. The van der Waals surface area contributed by atoms with Crippen molar-refractivity contribution in [1.29, 1.82) is 0 Å². The number of rotatable bonds is 8. The van der Waals surface area contributed by atoms with Crippen molar-refractivity contribution in [3.63, 3.8) is 0 Å². The van der Waals surface area contributed by atoms with E-state index in [4.69, 9.17) is 0 Å². The first-order valence-corrected chi connectivity index (χ1v) is 21.6. The van der Waals surface area contributed by atoms with E-state index in [0.717, 1.165) is 31.4 Å². The number of benzene rings is 8. The summed E-state index contributed by atoms with van der Waals surface area (Å²) in [5.74, 6) is 0. The van der Waals surface area contributed by atoms with Crippen LogP contribution >= 0.6 is 0 Å². The zero-order chi connectivity index (χ0) is 40.7. The molecule has 0 aliphatic heterocycles. The molecule has 0 atom stereocenters. The number of hydrogen-bond acceptors (Lipinski definition) is 1. The maximum atomic E-state index is 2.55. The predicted octanol–water partition coefficient (Wildman–Crippen LogP) is 15.8. The van der Waals surface area contributed by atoms with E-state index >= 15 is 0 Å². The monoisotopic (exact) mass is 782 g/mol. The Hall–Kier alpha value is -7.42. The third kappa shape index (κ3) is 6.71. The van der Waals surface area contributed by atoms with Crippen molar-refractivity contribution in [2.45, 2.75) is 32.6 Å². The lowest BCUT2D eigenvalue weighted by atomic mass is 9.90. The zero-order valence-electron chi connectivity index (χ0n) is 34.4. The fourth-order valence-corrected chi connectivity index (χ4v) is 9.76. The summed E-state index contributed by atoms with van der Waals surface area (Å²) in [5.41, 5.74) is 20.2. The normalized spacial score (nSPS) is 13.7. The average Bonchev–Trinajstić information content (AvgIpc) is 3.67. The van der Waals surface area contributed by atoms with Crippen molar-refractivity contribution < 1.29 is 0 Å². The molecule has 0 radical (unpaired) electrons. The van der Waals surface area contributed by atoms with E-state index in [1.54, 1.807) is 0 Å². The van der Waals surface area contributed by atoms with Crippen molar-refractivity contribution in [2.75, 3.05) is 4.90 Å². The molecule has 0 unspecified atom stereocenters. The minimum Gasteiger partial charge on any atom is -0.314 e. The zero-order valence-corrected chi connectivity index (χ0v) is 34.4. The summed E-state index contributed by atoms with van der Waals surface area (Å²) in [4.78, 5) is 2.53. The molecule has 1 heterocycles. The molecule has 1 aromatic heterocycles. The second-order valence-corrected chi connectivity index (χ2v) is 16.4. The SMILES string of the molecule is Cc1ccc2ccc3c(c4c(n3-c3ccccc3-c3ccccc3)C=C(N(c3ccc(C5=CC=C(c6ccccc6)CC5)cc3)c3ccccc3-c3ccccc3)CC4)c2c1. The van der Waals surface area contributed by atoms with Gasteiger partial charge in [-0.15, -0.1) is 0 Å². The largest absolute Gasteiger partial charge is 0.314 e. The molecular weight excluding hydrogens is 737 g/mol. The van der Waals surface area contributed by atoms with Gasteiger partial charge in [0.2, 0.25) is 0 Å². The highest BCUT2D eigenvalue weighted by Crippen LogP contribution is 2.46. The number of para-hydroxylation sites is 2. The van der Waals surface area contributed by atoms with Gasteiger partial charge < -0.3 is 9.47 Å². The van der Waals surface area contributed by atoms with Crippen LogP contribution < -0.4 is 4.90 Å². The Morgan fingerprint density at radius 1 is 0.475 bits per heavy atom. The third-order valence-corrected chi connectivity index (χ3v) is 12.7. The minimum atomic E-state index is 0.901. The van der Waals surface area contributed by atoms with Gasteiger partial charge in [0.05, 0.1) is 22.6 Å². The van der Waals surface area contributed by atoms with Crippen molar-refractivity contribution in [1.82, 2.24) is 4.57 Å². The number of nitrogens with zero attached hydrogens (tertiary/aromatic N) is 2. The quantitative estimate of drug-likeness (QED) is 0.149. The summed E-state index contributed by atoms with van der Waals surface area (Å²) < 4.78 is 2.55. The molecule has 2 aliphatic carbocycles. The van der Waals surface area contributed by atoms with Crippen LogP contribution in [0.5, 0.6) is 0 Å². The van der Waals surface area contributed by atoms with Crippen LogP contribution in [0.1, 0.15) is 47.2 Å². The first kappa shape index (κ1) is 36.6. The van der Waals surface area contributed by atoms with E-state index in [1.165, 1.54) is 100 Å². The van der Waals surface area contributed by atoms with Crippen LogP contribution in [0.2, 0.25) is 0 Å². The molecule has 2 nitrogen and oxygen atoms in total. The molecule has 2 heteroatoms. The Morgan fingerprint density at radius 2 is 1.05 bits per heavy atom. The smallest absolute Gasteiger partial charge is 0.0544 e. The van der Waals surface area contributed by atoms with Crippen LogP contribution in [0, 0.1) is 6.92 Å². The van der Waals surface area contributed by atoms with Crippen LogP contribution in [0.4, 0.5) is 11.4 Å². The molecule has 292 valence electrons. The summed E-state index contributed by atoms with van der Waals surface area (Å²) in [7, 11) is 0. The molecular formula is C59H46N2. The number of anilines is 2. The maximum Gasteiger partial charge on any atom is 0.0544 e. The van der Waals surface area contributed by atoms with E-state index in [9.17, 15) is 0 Å². The lowest BCUT2D eigenvalue weighted by molar-refractivity contribution is 0.887. The lowest BCUT2D eigenvalue weighted by Gasteiger charge is -2.32. The second kappa shape index (κ2) is 15.6. The van der Waals surface area contributed by atoms with E-state index in [1.807, 2.05) is 0 Å².